The number of pyridine rings is 1. The van der Waals surface area contributed by atoms with Gasteiger partial charge >= 0.3 is 11.9 Å². The van der Waals surface area contributed by atoms with Crippen LogP contribution in [0.3, 0.4) is 0 Å². The summed E-state index contributed by atoms with van der Waals surface area (Å²) in [5.41, 5.74) is 6.81. The molecule has 0 aliphatic heterocycles. The molecule has 10 heteroatoms. The number of nitrogens with zero attached hydrogens (tertiary/aromatic N) is 3. The molecule has 50 heavy (non-hydrogen) atoms. The number of esters is 2. The number of hydrogen-bond donors (Lipinski definition) is 1. The standard InChI is InChI=1S/C40H51N4O4S2/c1-6-33(21-24-41-2)9-10-34-13-17-37(18-14-34)43(4)25-7-29-47-39(45)31-49-50-32-40(46)48-30-8-26-44(5)38-19-15-35(16-20-38)11-12-36-22-27-42(3)28-23-36/h6,9-24,27-28,41H,7-8,25-26,29-32H2,1-5H3/q+1/p+1/b10-9+,24-21-,33-6-. The second-order valence-electron chi connectivity index (χ2n) is 11.6. The quantitative estimate of drug-likeness (QED) is 0.0462. The van der Waals surface area contributed by atoms with Crippen molar-refractivity contribution in [3.8, 4) is 0 Å². The Morgan fingerprint density at radius 3 is 1.64 bits per heavy atom. The Morgan fingerprint density at radius 1 is 0.720 bits per heavy atom. The van der Waals surface area contributed by atoms with Crippen molar-refractivity contribution in [2.45, 2.75) is 19.8 Å². The molecule has 0 radical (unpaired) electrons. The van der Waals surface area contributed by atoms with Gasteiger partial charge in [0.05, 0.1) is 26.5 Å². The highest BCUT2D eigenvalue weighted by Crippen LogP contribution is 2.22. The molecule has 266 valence electrons. The fourth-order valence-corrected chi connectivity index (χ4v) is 6.24. The van der Waals surface area contributed by atoms with Gasteiger partial charge in [-0.05, 0) is 72.4 Å². The first-order valence-electron chi connectivity index (χ1n) is 16.9. The fourth-order valence-electron chi connectivity index (χ4n) is 4.64. The molecular formula is C40H52N4O4S2+2. The van der Waals surface area contributed by atoms with E-state index >= 15 is 0 Å². The van der Waals surface area contributed by atoms with E-state index in [2.05, 4.69) is 107 Å². The number of allylic oxidation sites excluding steroid dienone is 4. The van der Waals surface area contributed by atoms with Crippen LogP contribution in [-0.4, -0.2) is 70.9 Å². The van der Waals surface area contributed by atoms with Crippen molar-refractivity contribution in [3.05, 3.63) is 120 Å². The average molecular weight is 717 g/mol. The van der Waals surface area contributed by atoms with Gasteiger partial charge in [0.2, 0.25) is 0 Å². The van der Waals surface area contributed by atoms with E-state index < -0.39 is 0 Å². The largest absolute Gasteiger partial charge is 0.465 e. The molecule has 3 rings (SSSR count). The van der Waals surface area contributed by atoms with Crippen LogP contribution in [0.15, 0.2) is 103 Å². The van der Waals surface area contributed by atoms with Gasteiger partial charge in [0.1, 0.15) is 18.6 Å². The highest BCUT2D eigenvalue weighted by Gasteiger charge is 2.09. The predicted molar refractivity (Wildman–Crippen MR) is 212 cm³/mol. The smallest absolute Gasteiger partial charge is 0.316 e. The molecule has 0 atom stereocenters. The third-order valence-corrected chi connectivity index (χ3v) is 9.74. The van der Waals surface area contributed by atoms with Crippen molar-refractivity contribution in [2.24, 2.45) is 7.05 Å². The molecule has 0 aliphatic rings. The number of quaternary nitrogens is 1. The first kappa shape index (κ1) is 40.2. The molecule has 0 fully saturated rings. The molecule has 2 N–H and O–H groups in total. The number of hydrogen-bond acceptors (Lipinski definition) is 8. The van der Waals surface area contributed by atoms with Gasteiger partial charge in [0, 0.05) is 50.7 Å². The van der Waals surface area contributed by atoms with Crippen LogP contribution in [0.25, 0.3) is 18.2 Å². The molecule has 0 saturated heterocycles. The zero-order valence-electron chi connectivity index (χ0n) is 30.0. The van der Waals surface area contributed by atoms with Crippen LogP contribution in [-0.2, 0) is 26.1 Å². The number of benzene rings is 2. The minimum atomic E-state index is -0.278. The first-order valence-corrected chi connectivity index (χ1v) is 19.4. The molecule has 0 saturated carbocycles. The summed E-state index contributed by atoms with van der Waals surface area (Å²) >= 11 is 0. The molecule has 0 spiro atoms. The summed E-state index contributed by atoms with van der Waals surface area (Å²) in [4.78, 5) is 28.6. The van der Waals surface area contributed by atoms with Gasteiger partial charge in [-0.2, -0.15) is 0 Å². The van der Waals surface area contributed by atoms with E-state index in [9.17, 15) is 9.59 Å². The van der Waals surface area contributed by atoms with E-state index in [1.54, 1.807) is 0 Å². The lowest BCUT2D eigenvalue weighted by Crippen LogP contribution is -2.72. The van der Waals surface area contributed by atoms with Crippen LogP contribution >= 0.6 is 21.6 Å². The highest BCUT2D eigenvalue weighted by molar-refractivity contribution is 8.77. The van der Waals surface area contributed by atoms with Crippen LogP contribution in [0.2, 0.25) is 0 Å². The van der Waals surface area contributed by atoms with E-state index in [1.165, 1.54) is 21.6 Å². The van der Waals surface area contributed by atoms with Gasteiger partial charge in [-0.15, -0.1) is 0 Å². The zero-order valence-corrected chi connectivity index (χ0v) is 31.6. The van der Waals surface area contributed by atoms with Crippen LogP contribution in [0.5, 0.6) is 0 Å². The summed E-state index contributed by atoms with van der Waals surface area (Å²) in [5.74, 6) is -0.178. The number of carbonyl (C=O) groups excluding carboxylic acids is 2. The van der Waals surface area contributed by atoms with Gasteiger partial charge in [0.25, 0.3) is 0 Å². The Bertz CT molecular complexity index is 1570. The average Bonchev–Trinajstić information content (AvgIpc) is 3.13. The van der Waals surface area contributed by atoms with Crippen molar-refractivity contribution < 1.29 is 28.9 Å². The summed E-state index contributed by atoms with van der Waals surface area (Å²) < 4.78 is 12.8. The van der Waals surface area contributed by atoms with Crippen molar-refractivity contribution >= 4 is 63.1 Å². The van der Waals surface area contributed by atoms with Crippen LogP contribution < -0.4 is 19.7 Å². The third-order valence-electron chi connectivity index (χ3n) is 7.66. The van der Waals surface area contributed by atoms with E-state index in [0.29, 0.717) is 13.2 Å². The summed E-state index contributed by atoms with van der Waals surface area (Å²) in [7, 11) is 10.7. The van der Waals surface area contributed by atoms with Crippen molar-refractivity contribution in [1.82, 2.24) is 0 Å². The zero-order chi connectivity index (χ0) is 36.0. The van der Waals surface area contributed by atoms with E-state index in [4.69, 9.17) is 9.47 Å². The lowest BCUT2D eigenvalue weighted by Gasteiger charge is -2.19. The Morgan fingerprint density at radius 2 is 1.18 bits per heavy atom. The summed E-state index contributed by atoms with van der Waals surface area (Å²) in [5, 5.41) is 2.01. The van der Waals surface area contributed by atoms with Gasteiger partial charge < -0.3 is 24.6 Å². The molecule has 0 unspecified atom stereocenters. The molecule has 8 nitrogen and oxygen atoms in total. The Kier molecular flexibility index (Phi) is 18.7. The van der Waals surface area contributed by atoms with Crippen molar-refractivity contribution in [2.75, 3.05) is 68.8 Å². The predicted octanol–water partition coefficient (Wildman–Crippen LogP) is 6.17. The Balaban J connectivity index is 1.20. The second kappa shape index (κ2) is 23.2. The number of carbonyl (C=O) groups is 2. The maximum Gasteiger partial charge on any atom is 0.316 e. The molecule has 0 bridgehead atoms. The molecule has 0 amide bonds. The molecule has 0 aliphatic carbocycles. The maximum atomic E-state index is 12.1. The minimum Gasteiger partial charge on any atom is -0.465 e. The first-order chi connectivity index (χ1) is 24.3. The summed E-state index contributed by atoms with van der Waals surface area (Å²) in [6.45, 7) is 4.28. The second-order valence-corrected chi connectivity index (χ2v) is 14.1. The highest BCUT2D eigenvalue weighted by atomic mass is 33.1. The Hall–Kier alpha value is -4.25. The number of ether oxygens (including phenoxy) is 2. The number of nitrogens with two attached hydrogens (primary N) is 1. The molecule has 1 aromatic heterocycles. The Labute approximate surface area is 306 Å². The van der Waals surface area contributed by atoms with Crippen LogP contribution in [0.1, 0.15) is 36.5 Å². The number of anilines is 2. The summed E-state index contributed by atoms with van der Waals surface area (Å²) in [6.07, 6.45) is 20.1. The number of rotatable bonds is 21. The van der Waals surface area contributed by atoms with E-state index in [0.717, 1.165) is 59.6 Å². The van der Waals surface area contributed by atoms with Gasteiger partial charge in [0.15, 0.2) is 12.4 Å². The summed E-state index contributed by atoms with van der Waals surface area (Å²) in [6, 6.07) is 20.9. The van der Waals surface area contributed by atoms with Crippen LogP contribution in [0, 0.1) is 0 Å². The SMILES string of the molecule is C/C=C(\C=C/[NH2+]C)/C=C/c1ccc(N(C)CCCOC(=O)CSSCC(=O)OCCCN(C)c2ccc(/C=C/c3cc[n+](C)cc3)cc2)cc1. The topological polar surface area (TPSA) is 79.6 Å². The third kappa shape index (κ3) is 16.0. The lowest BCUT2D eigenvalue weighted by molar-refractivity contribution is -0.671. The monoisotopic (exact) mass is 716 g/mol. The van der Waals surface area contributed by atoms with Crippen LogP contribution in [0.4, 0.5) is 11.4 Å². The minimum absolute atomic E-state index is 0.189. The lowest BCUT2D eigenvalue weighted by atomic mass is 10.1. The van der Waals surface area contributed by atoms with Crippen molar-refractivity contribution in [1.29, 1.82) is 0 Å². The fraction of sp³-hybridized carbons (Fsp3) is 0.325. The van der Waals surface area contributed by atoms with Gasteiger partial charge in [-0.3, -0.25) is 9.59 Å². The number of aryl methyl sites for hydroxylation is 1. The van der Waals surface area contributed by atoms with Gasteiger partial charge in [-0.25, -0.2) is 4.57 Å². The molecule has 3 aromatic rings. The maximum absolute atomic E-state index is 12.1. The van der Waals surface area contributed by atoms with Crippen molar-refractivity contribution in [3.63, 3.8) is 0 Å². The normalized spacial score (nSPS) is 11.8. The van der Waals surface area contributed by atoms with E-state index in [-0.39, 0.29) is 23.4 Å². The molecular weight excluding hydrogens is 665 g/mol. The number of aromatic nitrogens is 1. The van der Waals surface area contributed by atoms with E-state index in [1.807, 2.05) is 63.6 Å². The molecule has 1 heterocycles. The van der Waals surface area contributed by atoms with Gasteiger partial charge in [-0.1, -0.05) is 76.2 Å². The molecule has 2 aromatic carbocycles.